The van der Waals surface area contributed by atoms with Crippen LogP contribution in [0.5, 0.6) is 5.75 Å². The van der Waals surface area contributed by atoms with Crippen molar-refractivity contribution in [2.75, 3.05) is 6.61 Å². The second kappa shape index (κ2) is 6.71. The molecule has 3 heteroatoms. The van der Waals surface area contributed by atoms with E-state index in [-0.39, 0.29) is 6.61 Å². The van der Waals surface area contributed by atoms with E-state index < -0.39 is 0 Å². The van der Waals surface area contributed by atoms with Gasteiger partial charge < -0.3 is 9.84 Å². The van der Waals surface area contributed by atoms with Crippen LogP contribution in [0.15, 0.2) is 48.5 Å². The molecule has 0 saturated carbocycles. The minimum atomic E-state index is -0.112. The van der Waals surface area contributed by atoms with Crippen molar-refractivity contribution in [3.8, 4) is 5.75 Å². The van der Waals surface area contributed by atoms with E-state index in [9.17, 15) is 5.11 Å². The van der Waals surface area contributed by atoms with E-state index in [0.29, 0.717) is 18.1 Å². The number of hydrogen-bond acceptors (Lipinski definition) is 3. The number of aromatic nitrogens is 1. The molecule has 0 fully saturated rings. The van der Waals surface area contributed by atoms with Gasteiger partial charge in [-0.2, -0.15) is 0 Å². The van der Waals surface area contributed by atoms with Crippen molar-refractivity contribution in [3.63, 3.8) is 0 Å². The number of nitrogens with zero attached hydrogens (tertiary/aromatic N) is 1. The van der Waals surface area contributed by atoms with Crippen molar-refractivity contribution in [3.05, 3.63) is 65.5 Å². The van der Waals surface area contributed by atoms with Gasteiger partial charge >= 0.3 is 0 Å². The zero-order valence-electron chi connectivity index (χ0n) is 10.9. The lowest BCUT2D eigenvalue weighted by Gasteiger charge is -2.08. The lowest BCUT2D eigenvalue weighted by atomic mass is 10.2. The topological polar surface area (TPSA) is 42.4 Å². The highest BCUT2D eigenvalue weighted by Gasteiger charge is 2.03. The summed E-state index contributed by atoms with van der Waals surface area (Å²) in [5.74, 6) is 0.630. The van der Waals surface area contributed by atoms with Gasteiger partial charge in [-0.25, -0.2) is 0 Å². The van der Waals surface area contributed by atoms with Gasteiger partial charge in [0.1, 0.15) is 18.1 Å². The third-order valence-corrected chi connectivity index (χ3v) is 2.67. The number of aliphatic hydroxyl groups excluding tert-OH is 1. The lowest BCUT2D eigenvalue weighted by molar-refractivity contribution is 0.264. The highest BCUT2D eigenvalue weighted by molar-refractivity contribution is 5.48. The Kier molecular flexibility index (Phi) is 4.70. The van der Waals surface area contributed by atoms with Gasteiger partial charge in [0.2, 0.25) is 0 Å². The molecule has 1 N–H and O–H groups in total. The van der Waals surface area contributed by atoms with Crippen LogP contribution in [0.4, 0.5) is 0 Å². The monoisotopic (exact) mass is 255 g/mol. The molecule has 0 spiro atoms. The molecule has 0 aliphatic rings. The van der Waals surface area contributed by atoms with Crippen molar-refractivity contribution in [1.29, 1.82) is 0 Å². The number of hydrogen-bond donors (Lipinski definition) is 1. The Balaban J connectivity index is 1.94. The highest BCUT2D eigenvalue weighted by Crippen LogP contribution is 2.16. The Morgan fingerprint density at radius 3 is 2.68 bits per heavy atom. The molecule has 2 rings (SSSR count). The van der Waals surface area contributed by atoms with Crippen molar-refractivity contribution in [1.82, 2.24) is 4.98 Å². The standard InChI is InChI=1S/C16H17NO2/c1-13-9-10-16(15(12-18)17-13)19-11-5-8-14-6-3-2-4-7-14/h2-10,18H,11-12H2,1H3. The van der Waals surface area contributed by atoms with E-state index in [1.807, 2.05) is 61.5 Å². The molecule has 1 aromatic heterocycles. The average molecular weight is 255 g/mol. The van der Waals surface area contributed by atoms with E-state index in [4.69, 9.17) is 4.74 Å². The molecule has 2 aromatic rings. The first-order chi connectivity index (χ1) is 9.29. The van der Waals surface area contributed by atoms with Crippen molar-refractivity contribution in [2.45, 2.75) is 13.5 Å². The fourth-order valence-corrected chi connectivity index (χ4v) is 1.73. The molecule has 98 valence electrons. The van der Waals surface area contributed by atoms with Gasteiger partial charge in [-0.05, 0) is 30.7 Å². The normalized spacial score (nSPS) is 10.8. The number of benzene rings is 1. The number of ether oxygens (including phenoxy) is 1. The van der Waals surface area contributed by atoms with Crippen LogP contribution in [-0.4, -0.2) is 16.7 Å². The summed E-state index contributed by atoms with van der Waals surface area (Å²) in [6, 6.07) is 13.7. The Morgan fingerprint density at radius 2 is 1.95 bits per heavy atom. The van der Waals surface area contributed by atoms with E-state index in [1.54, 1.807) is 0 Å². The molecule has 0 aliphatic carbocycles. The highest BCUT2D eigenvalue weighted by atomic mass is 16.5. The van der Waals surface area contributed by atoms with E-state index in [2.05, 4.69) is 4.98 Å². The molecule has 0 atom stereocenters. The van der Waals surface area contributed by atoms with Gasteiger partial charge in [0.25, 0.3) is 0 Å². The molecule has 0 amide bonds. The van der Waals surface area contributed by atoms with Crippen LogP contribution in [0.2, 0.25) is 0 Å². The van der Waals surface area contributed by atoms with E-state index in [1.165, 1.54) is 0 Å². The quantitative estimate of drug-likeness (QED) is 0.893. The number of aliphatic hydroxyl groups is 1. The molecular weight excluding hydrogens is 238 g/mol. The third kappa shape index (κ3) is 3.93. The lowest BCUT2D eigenvalue weighted by Crippen LogP contribution is -2.01. The summed E-state index contributed by atoms with van der Waals surface area (Å²) in [5, 5.41) is 9.22. The number of rotatable bonds is 5. The summed E-state index contributed by atoms with van der Waals surface area (Å²) in [4.78, 5) is 4.23. The Labute approximate surface area is 113 Å². The first-order valence-corrected chi connectivity index (χ1v) is 6.21. The SMILES string of the molecule is Cc1ccc(OCC=Cc2ccccc2)c(CO)n1. The van der Waals surface area contributed by atoms with Crippen molar-refractivity contribution in [2.24, 2.45) is 0 Å². The molecule has 0 unspecified atom stereocenters. The minimum Gasteiger partial charge on any atom is -0.488 e. The van der Waals surface area contributed by atoms with Gasteiger partial charge in [0, 0.05) is 5.69 Å². The molecule has 1 heterocycles. The van der Waals surface area contributed by atoms with Crippen LogP contribution in [0.1, 0.15) is 17.0 Å². The second-order valence-electron chi connectivity index (χ2n) is 4.18. The van der Waals surface area contributed by atoms with Crippen LogP contribution in [0.25, 0.3) is 6.08 Å². The Morgan fingerprint density at radius 1 is 1.16 bits per heavy atom. The summed E-state index contributed by atoms with van der Waals surface area (Å²) < 4.78 is 5.60. The maximum atomic E-state index is 9.22. The first-order valence-electron chi connectivity index (χ1n) is 6.21. The van der Waals surface area contributed by atoms with Gasteiger partial charge in [-0.3, -0.25) is 4.98 Å². The Bertz CT molecular complexity index is 550. The van der Waals surface area contributed by atoms with Crippen LogP contribution in [-0.2, 0) is 6.61 Å². The summed E-state index contributed by atoms with van der Waals surface area (Å²) in [6.45, 7) is 2.23. The number of pyridine rings is 1. The van der Waals surface area contributed by atoms with Crippen LogP contribution >= 0.6 is 0 Å². The smallest absolute Gasteiger partial charge is 0.143 e. The largest absolute Gasteiger partial charge is 0.488 e. The van der Waals surface area contributed by atoms with Crippen LogP contribution in [0, 0.1) is 6.92 Å². The maximum absolute atomic E-state index is 9.22. The fourth-order valence-electron chi connectivity index (χ4n) is 1.73. The zero-order chi connectivity index (χ0) is 13.5. The molecular formula is C16H17NO2. The predicted octanol–water partition coefficient (Wildman–Crippen LogP) is 2.97. The molecule has 0 radical (unpaired) electrons. The molecule has 0 bridgehead atoms. The van der Waals surface area contributed by atoms with Gasteiger partial charge in [-0.1, -0.05) is 36.4 Å². The predicted molar refractivity (Wildman–Crippen MR) is 75.9 cm³/mol. The molecule has 0 aliphatic heterocycles. The molecule has 1 aromatic carbocycles. The minimum absolute atomic E-state index is 0.112. The summed E-state index contributed by atoms with van der Waals surface area (Å²) in [6.07, 6.45) is 3.94. The summed E-state index contributed by atoms with van der Waals surface area (Å²) in [5.41, 5.74) is 2.58. The fraction of sp³-hybridized carbons (Fsp3) is 0.188. The Hall–Kier alpha value is -2.13. The van der Waals surface area contributed by atoms with E-state index >= 15 is 0 Å². The summed E-state index contributed by atoms with van der Waals surface area (Å²) >= 11 is 0. The van der Waals surface area contributed by atoms with E-state index in [0.717, 1.165) is 11.3 Å². The van der Waals surface area contributed by atoms with Gasteiger partial charge in [-0.15, -0.1) is 0 Å². The van der Waals surface area contributed by atoms with Crippen molar-refractivity contribution < 1.29 is 9.84 Å². The second-order valence-corrected chi connectivity index (χ2v) is 4.18. The van der Waals surface area contributed by atoms with Crippen LogP contribution < -0.4 is 4.74 Å². The van der Waals surface area contributed by atoms with Gasteiger partial charge in [0.15, 0.2) is 0 Å². The molecule has 19 heavy (non-hydrogen) atoms. The van der Waals surface area contributed by atoms with Gasteiger partial charge in [0.05, 0.1) is 6.61 Å². The molecule has 3 nitrogen and oxygen atoms in total. The van der Waals surface area contributed by atoms with Crippen LogP contribution in [0.3, 0.4) is 0 Å². The summed E-state index contributed by atoms with van der Waals surface area (Å²) in [7, 11) is 0. The van der Waals surface area contributed by atoms with Crippen molar-refractivity contribution >= 4 is 6.08 Å². The average Bonchev–Trinajstić information content (AvgIpc) is 2.46. The third-order valence-electron chi connectivity index (χ3n) is 2.67. The number of aryl methyl sites for hydroxylation is 1. The maximum Gasteiger partial charge on any atom is 0.143 e. The molecule has 0 saturated heterocycles. The first kappa shape index (κ1) is 13.3. The zero-order valence-corrected chi connectivity index (χ0v) is 10.9.